The summed E-state index contributed by atoms with van der Waals surface area (Å²) in [6.07, 6.45) is -0.347. The fraction of sp³-hybridized carbons (Fsp3) is 0.182. The van der Waals surface area contributed by atoms with Gasteiger partial charge in [0.15, 0.2) is 0 Å². The Morgan fingerprint density at radius 2 is 2.14 bits per heavy atom. The number of hydrogen-bond donors (Lipinski definition) is 2. The van der Waals surface area contributed by atoms with Crippen LogP contribution in [0.25, 0.3) is 0 Å². The van der Waals surface area contributed by atoms with Crippen molar-refractivity contribution in [3.63, 3.8) is 0 Å². The largest absolute Gasteiger partial charge is 0.388 e. The van der Waals surface area contributed by atoms with Crippen LogP contribution in [0.5, 0.6) is 0 Å². The molecule has 0 bridgehead atoms. The first-order valence-corrected chi connectivity index (χ1v) is 4.44. The molecule has 1 aliphatic rings. The Morgan fingerprint density at radius 3 is 2.93 bits per heavy atom. The van der Waals surface area contributed by atoms with Gasteiger partial charge in [0.05, 0.1) is 6.10 Å². The molecule has 1 aromatic rings. The molecular weight excluding hydrogens is 178 g/mol. The van der Waals surface area contributed by atoms with Crippen molar-refractivity contribution >= 4 is 11.6 Å². The van der Waals surface area contributed by atoms with Crippen molar-refractivity contribution in [2.75, 3.05) is 5.32 Å². The first-order valence-electron chi connectivity index (χ1n) is 4.44. The van der Waals surface area contributed by atoms with Gasteiger partial charge in [-0.1, -0.05) is 24.8 Å². The Hall–Kier alpha value is -1.61. The lowest BCUT2D eigenvalue weighted by Gasteiger charge is -2.09. The number of fused-ring (bicyclic) bond motifs is 1. The van der Waals surface area contributed by atoms with Crippen molar-refractivity contribution in [3.05, 3.63) is 42.0 Å². The standard InChI is InChI=1S/C11H11NO2/c1-7-6-10(13)8-4-2-3-5-9(8)12-11(7)14/h2-5,10,13H,1,6H2,(H,12,14). The van der Waals surface area contributed by atoms with Crippen LogP contribution in [0, 0.1) is 0 Å². The molecule has 0 saturated carbocycles. The third-order valence-corrected chi connectivity index (χ3v) is 2.33. The van der Waals surface area contributed by atoms with E-state index in [0.29, 0.717) is 17.7 Å². The van der Waals surface area contributed by atoms with E-state index < -0.39 is 6.10 Å². The van der Waals surface area contributed by atoms with Crippen LogP contribution in [0.3, 0.4) is 0 Å². The lowest BCUT2D eigenvalue weighted by Crippen LogP contribution is -2.11. The van der Waals surface area contributed by atoms with E-state index in [0.717, 1.165) is 5.56 Å². The second kappa shape index (κ2) is 3.27. The Morgan fingerprint density at radius 1 is 1.43 bits per heavy atom. The minimum atomic E-state index is -0.641. The SMILES string of the molecule is C=C1CC(O)c2ccccc2NC1=O. The molecule has 1 unspecified atom stereocenters. The van der Waals surface area contributed by atoms with Crippen LogP contribution < -0.4 is 5.32 Å². The molecule has 72 valence electrons. The van der Waals surface area contributed by atoms with E-state index in [1.54, 1.807) is 12.1 Å². The molecule has 3 nitrogen and oxygen atoms in total. The van der Waals surface area contributed by atoms with E-state index in [1.807, 2.05) is 12.1 Å². The van der Waals surface area contributed by atoms with Crippen LogP contribution in [0.15, 0.2) is 36.4 Å². The molecule has 0 saturated heterocycles. The lowest BCUT2D eigenvalue weighted by molar-refractivity contribution is -0.113. The number of carbonyl (C=O) groups is 1. The minimum absolute atomic E-state index is 0.214. The van der Waals surface area contributed by atoms with Crippen molar-refractivity contribution in [3.8, 4) is 0 Å². The van der Waals surface area contributed by atoms with Gasteiger partial charge in [-0.05, 0) is 6.07 Å². The summed E-state index contributed by atoms with van der Waals surface area (Å²) in [6.45, 7) is 3.62. The molecule has 2 rings (SSSR count). The second-order valence-corrected chi connectivity index (χ2v) is 3.36. The van der Waals surface area contributed by atoms with Gasteiger partial charge in [-0.3, -0.25) is 4.79 Å². The zero-order valence-corrected chi connectivity index (χ0v) is 7.66. The predicted octanol–water partition coefficient (Wildman–Crippen LogP) is 1.62. The van der Waals surface area contributed by atoms with Gasteiger partial charge < -0.3 is 10.4 Å². The summed E-state index contributed by atoms with van der Waals surface area (Å²) in [6, 6.07) is 7.23. The third-order valence-electron chi connectivity index (χ3n) is 2.33. The van der Waals surface area contributed by atoms with Crippen LogP contribution in [-0.2, 0) is 4.79 Å². The van der Waals surface area contributed by atoms with Gasteiger partial charge in [0.1, 0.15) is 0 Å². The van der Waals surface area contributed by atoms with E-state index in [2.05, 4.69) is 11.9 Å². The summed E-state index contributed by atoms with van der Waals surface area (Å²) in [4.78, 5) is 11.4. The van der Waals surface area contributed by atoms with Crippen LogP contribution >= 0.6 is 0 Å². The monoisotopic (exact) mass is 189 g/mol. The topological polar surface area (TPSA) is 49.3 Å². The average Bonchev–Trinajstić information content (AvgIpc) is 2.27. The maximum atomic E-state index is 11.4. The number of rotatable bonds is 0. The lowest BCUT2D eigenvalue weighted by atomic mass is 10.0. The number of aliphatic hydroxyl groups excluding tert-OH is 1. The minimum Gasteiger partial charge on any atom is -0.388 e. The van der Waals surface area contributed by atoms with Gasteiger partial charge in [-0.25, -0.2) is 0 Å². The maximum absolute atomic E-state index is 11.4. The maximum Gasteiger partial charge on any atom is 0.251 e. The van der Waals surface area contributed by atoms with Gasteiger partial charge in [-0.2, -0.15) is 0 Å². The molecule has 0 fully saturated rings. The number of anilines is 1. The Labute approximate surface area is 82.1 Å². The van der Waals surface area contributed by atoms with Gasteiger partial charge in [0, 0.05) is 23.2 Å². The van der Waals surface area contributed by atoms with Crippen molar-refractivity contribution in [1.29, 1.82) is 0 Å². The number of aliphatic hydroxyl groups is 1. The highest BCUT2D eigenvalue weighted by atomic mass is 16.3. The van der Waals surface area contributed by atoms with Crippen LogP contribution in [0.1, 0.15) is 18.1 Å². The highest BCUT2D eigenvalue weighted by molar-refractivity contribution is 6.04. The van der Waals surface area contributed by atoms with E-state index in [9.17, 15) is 9.90 Å². The zero-order chi connectivity index (χ0) is 10.1. The van der Waals surface area contributed by atoms with E-state index in [-0.39, 0.29) is 5.91 Å². The highest BCUT2D eigenvalue weighted by Gasteiger charge is 2.21. The van der Waals surface area contributed by atoms with Crippen molar-refractivity contribution in [2.45, 2.75) is 12.5 Å². The average molecular weight is 189 g/mol. The molecule has 14 heavy (non-hydrogen) atoms. The molecule has 1 aliphatic heterocycles. The summed E-state index contributed by atoms with van der Waals surface area (Å²) in [5, 5.41) is 12.5. The molecule has 0 aliphatic carbocycles. The predicted molar refractivity (Wildman–Crippen MR) is 53.8 cm³/mol. The van der Waals surface area contributed by atoms with Crippen molar-refractivity contribution in [2.24, 2.45) is 0 Å². The number of carbonyl (C=O) groups excluding carboxylic acids is 1. The van der Waals surface area contributed by atoms with Gasteiger partial charge in [0.25, 0.3) is 5.91 Å². The van der Waals surface area contributed by atoms with Gasteiger partial charge >= 0.3 is 0 Å². The number of hydrogen-bond acceptors (Lipinski definition) is 2. The zero-order valence-electron chi connectivity index (χ0n) is 7.66. The molecule has 1 aromatic carbocycles. The summed E-state index contributed by atoms with van der Waals surface area (Å²) in [7, 11) is 0. The van der Waals surface area contributed by atoms with Crippen molar-refractivity contribution in [1.82, 2.24) is 0 Å². The molecule has 1 amide bonds. The Bertz CT molecular complexity index is 398. The number of benzene rings is 1. The molecule has 3 heteroatoms. The smallest absolute Gasteiger partial charge is 0.251 e. The number of nitrogens with one attached hydrogen (secondary N) is 1. The first kappa shape index (κ1) is 8.97. The molecule has 1 heterocycles. The van der Waals surface area contributed by atoms with E-state index in [4.69, 9.17) is 0 Å². The summed E-state index contributed by atoms with van der Waals surface area (Å²) < 4.78 is 0. The highest BCUT2D eigenvalue weighted by Crippen LogP contribution is 2.30. The van der Waals surface area contributed by atoms with E-state index >= 15 is 0 Å². The van der Waals surface area contributed by atoms with E-state index in [1.165, 1.54) is 0 Å². The molecule has 0 spiro atoms. The molecule has 1 atom stereocenters. The third kappa shape index (κ3) is 1.42. The summed E-state index contributed by atoms with van der Waals surface area (Å²) in [5.74, 6) is -0.214. The van der Waals surface area contributed by atoms with Gasteiger partial charge in [-0.15, -0.1) is 0 Å². The quantitative estimate of drug-likeness (QED) is 0.609. The molecule has 2 N–H and O–H groups in total. The molecular formula is C11H11NO2. The molecule has 0 radical (unpaired) electrons. The number of para-hydroxylation sites is 1. The molecule has 0 aromatic heterocycles. The first-order chi connectivity index (χ1) is 6.68. The normalized spacial score (nSPS) is 21.1. The Kier molecular flexibility index (Phi) is 2.09. The van der Waals surface area contributed by atoms with Crippen molar-refractivity contribution < 1.29 is 9.90 Å². The fourth-order valence-electron chi connectivity index (χ4n) is 1.55. The van der Waals surface area contributed by atoms with Crippen LogP contribution in [0.4, 0.5) is 5.69 Å². The van der Waals surface area contributed by atoms with Crippen LogP contribution in [-0.4, -0.2) is 11.0 Å². The number of amides is 1. The fourth-order valence-corrected chi connectivity index (χ4v) is 1.55. The van der Waals surface area contributed by atoms with Crippen LogP contribution in [0.2, 0.25) is 0 Å². The Balaban J connectivity index is 2.48. The second-order valence-electron chi connectivity index (χ2n) is 3.36. The summed E-state index contributed by atoms with van der Waals surface area (Å²) >= 11 is 0. The van der Waals surface area contributed by atoms with Gasteiger partial charge in [0.2, 0.25) is 0 Å². The summed E-state index contributed by atoms with van der Waals surface area (Å²) in [5.41, 5.74) is 1.83.